The second kappa shape index (κ2) is 7.08. The zero-order valence-electron chi connectivity index (χ0n) is 11.1. The average Bonchev–Trinajstić information content (AvgIpc) is 2.48. The number of carbonyl (C=O) groups excluding carboxylic acids is 1. The fourth-order valence-corrected chi connectivity index (χ4v) is 2.49. The minimum absolute atomic E-state index is 0.0568. The molecule has 2 aromatic rings. The first-order chi connectivity index (χ1) is 10.1. The molecular formula is C15H14F2N2OS. The molecule has 2 aromatic carbocycles. The molecule has 0 saturated carbocycles. The summed E-state index contributed by atoms with van der Waals surface area (Å²) in [6.45, 7) is 0.400. The lowest BCUT2D eigenvalue weighted by Gasteiger charge is -2.08. The molecule has 1 amide bonds. The molecule has 0 fully saturated rings. The molecule has 3 N–H and O–H groups in total. The van der Waals surface area contributed by atoms with Gasteiger partial charge in [-0.1, -0.05) is 18.2 Å². The smallest absolute Gasteiger partial charge is 0.253 e. The van der Waals surface area contributed by atoms with Crippen LogP contribution in [0.4, 0.5) is 14.5 Å². The van der Waals surface area contributed by atoms with Crippen LogP contribution in [0.5, 0.6) is 0 Å². The van der Waals surface area contributed by atoms with Crippen LogP contribution in [0.15, 0.2) is 47.4 Å². The Bertz CT molecular complexity index is 635. The summed E-state index contributed by atoms with van der Waals surface area (Å²) in [5.41, 5.74) is 5.38. The second-order valence-electron chi connectivity index (χ2n) is 4.27. The highest BCUT2D eigenvalue weighted by Crippen LogP contribution is 2.18. The highest BCUT2D eigenvalue weighted by Gasteiger charge is 2.13. The molecule has 0 heterocycles. The molecule has 0 unspecified atom stereocenters. The maximum Gasteiger partial charge on any atom is 0.253 e. The van der Waals surface area contributed by atoms with Gasteiger partial charge in [-0.05, 0) is 18.2 Å². The van der Waals surface area contributed by atoms with E-state index in [1.165, 1.54) is 0 Å². The lowest BCUT2D eigenvalue weighted by molar-refractivity contribution is 0.0956. The summed E-state index contributed by atoms with van der Waals surface area (Å²) >= 11 is 1.59. The van der Waals surface area contributed by atoms with E-state index in [-0.39, 0.29) is 11.3 Å². The molecule has 2 rings (SSSR count). The van der Waals surface area contributed by atoms with Gasteiger partial charge in [0, 0.05) is 28.9 Å². The minimum atomic E-state index is -1.09. The van der Waals surface area contributed by atoms with E-state index < -0.39 is 17.5 Å². The number of nitrogens with two attached hydrogens (primary N) is 1. The van der Waals surface area contributed by atoms with E-state index in [0.29, 0.717) is 12.3 Å². The van der Waals surface area contributed by atoms with Crippen molar-refractivity contribution in [3.63, 3.8) is 0 Å². The number of hydrogen-bond acceptors (Lipinski definition) is 3. The Hall–Kier alpha value is -2.08. The zero-order chi connectivity index (χ0) is 15.2. The number of nitrogen functional groups attached to an aromatic ring is 1. The van der Waals surface area contributed by atoms with E-state index in [1.807, 2.05) is 30.3 Å². The lowest BCUT2D eigenvalue weighted by atomic mass is 10.1. The number of nitrogens with one attached hydrogen (secondary N) is 1. The first kappa shape index (κ1) is 15.3. The fraction of sp³-hybridized carbons (Fsp3) is 0.133. The van der Waals surface area contributed by atoms with Gasteiger partial charge in [0.1, 0.15) is 0 Å². The third kappa shape index (κ3) is 4.19. The number of thioether (sulfide) groups is 1. The Morgan fingerprint density at radius 2 is 1.81 bits per heavy atom. The van der Waals surface area contributed by atoms with Crippen LogP contribution in [-0.4, -0.2) is 18.2 Å². The fourth-order valence-electron chi connectivity index (χ4n) is 1.70. The van der Waals surface area contributed by atoms with Crippen LogP contribution in [0, 0.1) is 11.6 Å². The Labute approximate surface area is 125 Å². The SMILES string of the molecule is Nc1cc(F)c(F)cc1C(=O)NCCSc1ccccc1. The molecule has 0 spiro atoms. The monoisotopic (exact) mass is 308 g/mol. The van der Waals surface area contributed by atoms with Crippen molar-refractivity contribution in [1.29, 1.82) is 0 Å². The van der Waals surface area contributed by atoms with Gasteiger partial charge in [0.15, 0.2) is 11.6 Å². The summed E-state index contributed by atoms with van der Waals surface area (Å²) in [5.74, 6) is -2.00. The maximum atomic E-state index is 13.1. The third-order valence-electron chi connectivity index (χ3n) is 2.74. The Kier molecular flexibility index (Phi) is 5.16. The van der Waals surface area contributed by atoms with Crippen molar-refractivity contribution in [2.75, 3.05) is 18.0 Å². The molecule has 0 aromatic heterocycles. The van der Waals surface area contributed by atoms with Crippen LogP contribution in [0.2, 0.25) is 0 Å². The Morgan fingerprint density at radius 3 is 2.52 bits per heavy atom. The van der Waals surface area contributed by atoms with Gasteiger partial charge in [0.2, 0.25) is 0 Å². The van der Waals surface area contributed by atoms with Gasteiger partial charge in [-0.25, -0.2) is 8.78 Å². The molecule has 0 aliphatic heterocycles. The highest BCUT2D eigenvalue weighted by molar-refractivity contribution is 7.99. The van der Waals surface area contributed by atoms with Gasteiger partial charge in [-0.2, -0.15) is 0 Å². The standard InChI is InChI=1S/C15H14F2N2OS/c16-12-8-11(14(18)9-13(12)17)15(20)19-6-7-21-10-4-2-1-3-5-10/h1-5,8-9H,6-7,18H2,(H,19,20). The molecule has 0 saturated heterocycles. The van der Waals surface area contributed by atoms with Crippen molar-refractivity contribution in [3.8, 4) is 0 Å². The molecule has 21 heavy (non-hydrogen) atoms. The number of halogens is 2. The topological polar surface area (TPSA) is 55.1 Å². The van der Waals surface area contributed by atoms with E-state index in [9.17, 15) is 13.6 Å². The van der Waals surface area contributed by atoms with Crippen molar-refractivity contribution in [3.05, 3.63) is 59.7 Å². The average molecular weight is 308 g/mol. The van der Waals surface area contributed by atoms with E-state index in [1.54, 1.807) is 11.8 Å². The predicted octanol–water partition coefficient (Wildman–Crippen LogP) is 3.07. The van der Waals surface area contributed by atoms with E-state index in [4.69, 9.17) is 5.73 Å². The van der Waals surface area contributed by atoms with Crippen LogP contribution in [-0.2, 0) is 0 Å². The molecule has 110 valence electrons. The summed E-state index contributed by atoms with van der Waals surface area (Å²) in [6.07, 6.45) is 0. The highest BCUT2D eigenvalue weighted by atomic mass is 32.2. The largest absolute Gasteiger partial charge is 0.398 e. The molecule has 0 aliphatic carbocycles. The number of amides is 1. The Balaban J connectivity index is 1.86. The zero-order valence-corrected chi connectivity index (χ0v) is 11.9. The van der Waals surface area contributed by atoms with Crippen molar-refractivity contribution in [2.24, 2.45) is 0 Å². The van der Waals surface area contributed by atoms with E-state index in [2.05, 4.69) is 5.32 Å². The number of benzene rings is 2. The van der Waals surface area contributed by atoms with E-state index in [0.717, 1.165) is 17.0 Å². The quantitative estimate of drug-likeness (QED) is 0.507. The molecule has 6 heteroatoms. The molecular weight excluding hydrogens is 294 g/mol. The van der Waals surface area contributed by atoms with Gasteiger partial charge in [0.05, 0.1) is 5.56 Å². The van der Waals surface area contributed by atoms with Gasteiger partial charge >= 0.3 is 0 Å². The number of carbonyl (C=O) groups is 1. The molecule has 0 aliphatic rings. The molecule has 0 bridgehead atoms. The van der Waals surface area contributed by atoms with Crippen LogP contribution >= 0.6 is 11.8 Å². The predicted molar refractivity (Wildman–Crippen MR) is 80.3 cm³/mol. The first-order valence-corrected chi connectivity index (χ1v) is 7.27. The summed E-state index contributed by atoms with van der Waals surface area (Å²) in [4.78, 5) is 12.9. The summed E-state index contributed by atoms with van der Waals surface area (Å²) in [5, 5.41) is 2.63. The Morgan fingerprint density at radius 1 is 1.14 bits per heavy atom. The summed E-state index contributed by atoms with van der Waals surface area (Å²) in [7, 11) is 0. The van der Waals surface area contributed by atoms with Crippen molar-refractivity contribution in [2.45, 2.75) is 4.90 Å². The third-order valence-corrected chi connectivity index (χ3v) is 3.75. The van der Waals surface area contributed by atoms with Gasteiger partial charge in [-0.15, -0.1) is 11.8 Å². The maximum absolute atomic E-state index is 13.1. The van der Waals surface area contributed by atoms with Gasteiger partial charge in [-0.3, -0.25) is 4.79 Å². The number of hydrogen-bond donors (Lipinski definition) is 2. The van der Waals surface area contributed by atoms with Crippen LogP contribution in [0.3, 0.4) is 0 Å². The molecule has 0 radical (unpaired) electrons. The lowest BCUT2D eigenvalue weighted by Crippen LogP contribution is -2.26. The van der Waals surface area contributed by atoms with Crippen LogP contribution in [0.25, 0.3) is 0 Å². The van der Waals surface area contributed by atoms with E-state index >= 15 is 0 Å². The van der Waals surface area contributed by atoms with Crippen molar-refractivity contribution in [1.82, 2.24) is 5.32 Å². The summed E-state index contributed by atoms with van der Waals surface area (Å²) in [6, 6.07) is 11.4. The molecule has 3 nitrogen and oxygen atoms in total. The molecule has 0 atom stereocenters. The minimum Gasteiger partial charge on any atom is -0.398 e. The van der Waals surface area contributed by atoms with Crippen LogP contribution < -0.4 is 11.1 Å². The second-order valence-corrected chi connectivity index (χ2v) is 5.44. The van der Waals surface area contributed by atoms with Gasteiger partial charge < -0.3 is 11.1 Å². The van der Waals surface area contributed by atoms with Crippen molar-refractivity contribution < 1.29 is 13.6 Å². The van der Waals surface area contributed by atoms with Crippen molar-refractivity contribution >= 4 is 23.4 Å². The number of anilines is 1. The first-order valence-electron chi connectivity index (χ1n) is 6.28. The summed E-state index contributed by atoms with van der Waals surface area (Å²) < 4.78 is 26.0. The number of rotatable bonds is 5. The van der Waals surface area contributed by atoms with Gasteiger partial charge in [0.25, 0.3) is 5.91 Å². The normalized spacial score (nSPS) is 10.4. The van der Waals surface area contributed by atoms with Crippen LogP contribution in [0.1, 0.15) is 10.4 Å².